The number of hydrogen-bond donors (Lipinski definition) is 1. The van der Waals surface area contributed by atoms with Gasteiger partial charge in [0.25, 0.3) is 5.91 Å². The minimum atomic E-state index is -0.615. The molecule has 1 aromatic heterocycles. The number of thiazole rings is 1. The standard InChI is InChI=1S/C18H22ClN3O2S/c1-13(24-16-7-5-14(19)6-8-16)17(23)21-18-20-15(12-25-18)11-22-9-3-2-4-10-22/h5-8,12-13H,2-4,9-11H2,1H3,(H,20,21,23)/t13-/m0/s1. The fourth-order valence-corrected chi connectivity index (χ4v) is 3.59. The molecule has 0 bridgehead atoms. The molecule has 2 aromatic rings. The number of amides is 1. The molecule has 0 aliphatic carbocycles. The van der Waals surface area contributed by atoms with E-state index in [2.05, 4.69) is 15.2 Å². The van der Waals surface area contributed by atoms with Crippen molar-refractivity contribution in [3.63, 3.8) is 0 Å². The number of rotatable bonds is 6. The van der Waals surface area contributed by atoms with Crippen LogP contribution in [0.5, 0.6) is 5.75 Å². The minimum absolute atomic E-state index is 0.214. The number of carbonyl (C=O) groups is 1. The summed E-state index contributed by atoms with van der Waals surface area (Å²) in [5, 5.41) is 6.09. The molecule has 5 nitrogen and oxygen atoms in total. The lowest BCUT2D eigenvalue weighted by Gasteiger charge is -2.25. The Morgan fingerprint density at radius 3 is 2.76 bits per heavy atom. The summed E-state index contributed by atoms with van der Waals surface area (Å²) in [7, 11) is 0. The number of nitrogens with zero attached hydrogens (tertiary/aromatic N) is 2. The SMILES string of the molecule is C[C@H](Oc1ccc(Cl)cc1)C(=O)Nc1nc(CN2CCCCC2)cs1. The van der Waals surface area contributed by atoms with E-state index in [1.54, 1.807) is 31.2 Å². The average molecular weight is 380 g/mol. The maximum atomic E-state index is 12.3. The highest BCUT2D eigenvalue weighted by atomic mass is 35.5. The van der Waals surface area contributed by atoms with Crippen LogP contribution in [0.2, 0.25) is 5.02 Å². The Labute approximate surface area is 157 Å². The third-order valence-corrected chi connectivity index (χ3v) is 5.17. The molecule has 134 valence electrons. The second kappa shape index (κ2) is 8.65. The van der Waals surface area contributed by atoms with E-state index in [0.717, 1.165) is 25.3 Å². The van der Waals surface area contributed by atoms with Crippen molar-refractivity contribution in [2.24, 2.45) is 0 Å². The number of carbonyl (C=O) groups excluding carboxylic acids is 1. The van der Waals surface area contributed by atoms with Crippen molar-refractivity contribution in [1.29, 1.82) is 0 Å². The lowest BCUT2D eigenvalue weighted by Crippen LogP contribution is -2.30. The summed E-state index contributed by atoms with van der Waals surface area (Å²) >= 11 is 7.29. The van der Waals surface area contributed by atoms with Crippen LogP contribution in [0.25, 0.3) is 0 Å². The smallest absolute Gasteiger partial charge is 0.266 e. The van der Waals surface area contributed by atoms with Crippen LogP contribution in [-0.2, 0) is 11.3 Å². The van der Waals surface area contributed by atoms with Gasteiger partial charge in [-0.3, -0.25) is 15.0 Å². The van der Waals surface area contributed by atoms with E-state index >= 15 is 0 Å². The summed E-state index contributed by atoms with van der Waals surface area (Å²) in [4.78, 5) is 19.2. The number of anilines is 1. The first-order valence-electron chi connectivity index (χ1n) is 8.50. The van der Waals surface area contributed by atoms with Gasteiger partial charge in [0, 0.05) is 16.9 Å². The second-order valence-electron chi connectivity index (χ2n) is 6.18. The van der Waals surface area contributed by atoms with Crippen molar-refractivity contribution in [3.05, 3.63) is 40.4 Å². The second-order valence-corrected chi connectivity index (χ2v) is 7.48. The molecular formula is C18H22ClN3O2S. The van der Waals surface area contributed by atoms with Crippen molar-refractivity contribution in [2.45, 2.75) is 38.8 Å². The van der Waals surface area contributed by atoms with Crippen LogP contribution >= 0.6 is 22.9 Å². The maximum absolute atomic E-state index is 12.3. The van der Waals surface area contributed by atoms with Crippen molar-refractivity contribution in [2.75, 3.05) is 18.4 Å². The Bertz CT molecular complexity index is 699. The van der Waals surface area contributed by atoms with Crippen molar-refractivity contribution in [1.82, 2.24) is 9.88 Å². The number of halogens is 1. The Morgan fingerprint density at radius 1 is 1.32 bits per heavy atom. The molecule has 3 rings (SSSR count). The van der Waals surface area contributed by atoms with Crippen LogP contribution in [0.1, 0.15) is 31.9 Å². The molecule has 1 atom stereocenters. The first kappa shape index (κ1) is 18.2. The van der Waals surface area contributed by atoms with E-state index in [0.29, 0.717) is 15.9 Å². The van der Waals surface area contributed by atoms with Crippen molar-refractivity contribution < 1.29 is 9.53 Å². The summed E-state index contributed by atoms with van der Waals surface area (Å²) in [6.45, 7) is 4.83. The topological polar surface area (TPSA) is 54.5 Å². The number of hydrogen-bond acceptors (Lipinski definition) is 5. The lowest BCUT2D eigenvalue weighted by atomic mass is 10.1. The Balaban J connectivity index is 1.51. The molecule has 0 unspecified atom stereocenters. The van der Waals surface area contributed by atoms with Crippen LogP contribution < -0.4 is 10.1 Å². The van der Waals surface area contributed by atoms with Crippen LogP contribution in [0.15, 0.2) is 29.6 Å². The van der Waals surface area contributed by atoms with E-state index in [1.165, 1.54) is 30.6 Å². The Hall–Kier alpha value is -1.63. The van der Waals surface area contributed by atoms with Gasteiger partial charge in [-0.1, -0.05) is 18.0 Å². The van der Waals surface area contributed by atoms with Crippen LogP contribution in [0.3, 0.4) is 0 Å². The van der Waals surface area contributed by atoms with Gasteiger partial charge in [-0.25, -0.2) is 4.98 Å². The number of piperidine rings is 1. The van der Waals surface area contributed by atoms with Gasteiger partial charge in [-0.15, -0.1) is 11.3 Å². The summed E-state index contributed by atoms with van der Waals surface area (Å²) in [6.07, 6.45) is 3.22. The maximum Gasteiger partial charge on any atom is 0.266 e. The largest absolute Gasteiger partial charge is 0.481 e. The summed E-state index contributed by atoms with van der Waals surface area (Å²) in [5.74, 6) is 0.394. The minimum Gasteiger partial charge on any atom is -0.481 e. The Morgan fingerprint density at radius 2 is 2.04 bits per heavy atom. The van der Waals surface area contributed by atoms with Gasteiger partial charge < -0.3 is 4.74 Å². The van der Waals surface area contributed by atoms with Crippen molar-refractivity contribution in [3.8, 4) is 5.75 Å². The number of likely N-dealkylation sites (tertiary alicyclic amines) is 1. The molecule has 1 aliphatic rings. The first-order valence-corrected chi connectivity index (χ1v) is 9.76. The predicted octanol–water partition coefficient (Wildman–Crippen LogP) is 4.19. The number of aromatic nitrogens is 1. The molecule has 1 N–H and O–H groups in total. The van der Waals surface area contributed by atoms with Gasteiger partial charge in [0.05, 0.1) is 5.69 Å². The van der Waals surface area contributed by atoms with Gasteiger partial charge in [0.1, 0.15) is 5.75 Å². The lowest BCUT2D eigenvalue weighted by molar-refractivity contribution is -0.122. The molecule has 1 fully saturated rings. The fraction of sp³-hybridized carbons (Fsp3) is 0.444. The van der Waals surface area contributed by atoms with E-state index < -0.39 is 6.10 Å². The van der Waals surface area contributed by atoms with Crippen LogP contribution in [0.4, 0.5) is 5.13 Å². The highest BCUT2D eigenvalue weighted by Gasteiger charge is 2.17. The fourth-order valence-electron chi connectivity index (χ4n) is 2.76. The number of benzene rings is 1. The molecule has 7 heteroatoms. The predicted molar refractivity (Wildman–Crippen MR) is 101 cm³/mol. The van der Waals surface area contributed by atoms with Crippen molar-refractivity contribution >= 4 is 34.0 Å². The molecule has 0 saturated carbocycles. The van der Waals surface area contributed by atoms with E-state index in [-0.39, 0.29) is 5.91 Å². The molecule has 1 aliphatic heterocycles. The first-order chi connectivity index (χ1) is 12.1. The third-order valence-electron chi connectivity index (χ3n) is 4.11. The molecular weight excluding hydrogens is 358 g/mol. The van der Waals surface area contributed by atoms with E-state index in [1.807, 2.05) is 5.38 Å². The molecule has 1 aromatic carbocycles. The van der Waals surface area contributed by atoms with Gasteiger partial charge in [0.2, 0.25) is 0 Å². The van der Waals surface area contributed by atoms with E-state index in [9.17, 15) is 4.79 Å². The molecule has 1 amide bonds. The van der Waals surface area contributed by atoms with Crippen LogP contribution in [-0.4, -0.2) is 35.0 Å². The third kappa shape index (κ3) is 5.42. The zero-order valence-electron chi connectivity index (χ0n) is 14.2. The normalized spacial score (nSPS) is 16.4. The zero-order valence-corrected chi connectivity index (χ0v) is 15.8. The van der Waals surface area contributed by atoms with Gasteiger partial charge in [0.15, 0.2) is 11.2 Å². The van der Waals surface area contributed by atoms with Gasteiger partial charge >= 0.3 is 0 Å². The number of nitrogens with one attached hydrogen (secondary N) is 1. The quantitative estimate of drug-likeness (QED) is 0.817. The molecule has 25 heavy (non-hydrogen) atoms. The molecule has 0 radical (unpaired) electrons. The highest BCUT2D eigenvalue weighted by molar-refractivity contribution is 7.13. The molecule has 1 saturated heterocycles. The van der Waals surface area contributed by atoms with Crippen LogP contribution in [0, 0.1) is 0 Å². The zero-order chi connectivity index (χ0) is 17.6. The number of ether oxygens (including phenoxy) is 1. The highest BCUT2D eigenvalue weighted by Crippen LogP contribution is 2.20. The summed E-state index contributed by atoms with van der Waals surface area (Å²) in [5.41, 5.74) is 1.01. The molecule has 0 spiro atoms. The van der Waals surface area contributed by atoms with Gasteiger partial charge in [-0.05, 0) is 57.1 Å². The van der Waals surface area contributed by atoms with E-state index in [4.69, 9.17) is 16.3 Å². The van der Waals surface area contributed by atoms with Gasteiger partial charge in [-0.2, -0.15) is 0 Å². The summed E-state index contributed by atoms with van der Waals surface area (Å²) in [6, 6.07) is 6.95. The average Bonchev–Trinajstić information content (AvgIpc) is 3.04. The Kier molecular flexibility index (Phi) is 6.29. The monoisotopic (exact) mass is 379 g/mol. The molecule has 2 heterocycles. The summed E-state index contributed by atoms with van der Waals surface area (Å²) < 4.78 is 5.63.